The Morgan fingerprint density at radius 3 is 2.71 bits per heavy atom. The number of benzene rings is 2. The van der Waals surface area contributed by atoms with Crippen LogP contribution < -0.4 is 14.4 Å². The molecule has 5 nitrogen and oxygen atoms in total. The Balaban J connectivity index is 1.37. The normalized spacial score (nSPS) is 33.0. The predicted molar refractivity (Wildman–Crippen MR) is 173 cm³/mol. The highest BCUT2D eigenvalue weighted by Crippen LogP contribution is 2.48. The Hall–Kier alpha value is -2.31. The summed E-state index contributed by atoms with van der Waals surface area (Å²) in [4.78, 5) is 15.9. The van der Waals surface area contributed by atoms with Crippen LogP contribution in [0.4, 0.5) is 5.69 Å². The van der Waals surface area contributed by atoms with E-state index in [9.17, 15) is 9.00 Å². The summed E-state index contributed by atoms with van der Waals surface area (Å²) in [5, 5.41) is 0.657. The molecule has 1 amide bonds. The Morgan fingerprint density at radius 1 is 1.07 bits per heavy atom. The van der Waals surface area contributed by atoms with Crippen molar-refractivity contribution in [3.63, 3.8) is 0 Å². The van der Waals surface area contributed by atoms with Crippen molar-refractivity contribution < 1.29 is 13.7 Å². The van der Waals surface area contributed by atoms with Crippen LogP contribution in [0.1, 0.15) is 86.7 Å². The van der Waals surface area contributed by atoms with Crippen LogP contribution in [0.25, 0.3) is 0 Å². The molecule has 0 aromatic heterocycles. The molecule has 0 radical (unpaired) electrons. The first-order valence-electron chi connectivity index (χ1n) is 16.0. The van der Waals surface area contributed by atoms with E-state index < -0.39 is 11.0 Å². The number of halogens is 1. The summed E-state index contributed by atoms with van der Waals surface area (Å²) in [5.74, 6) is 3.54. The fourth-order valence-corrected chi connectivity index (χ4v) is 9.05. The van der Waals surface area contributed by atoms with Gasteiger partial charge in [-0.1, -0.05) is 50.1 Å². The Bertz CT molecular complexity index is 1360. The zero-order valence-electron chi connectivity index (χ0n) is 25.2. The van der Waals surface area contributed by atoms with Gasteiger partial charge in [0.25, 0.3) is 5.91 Å². The number of rotatable bonds is 3. The summed E-state index contributed by atoms with van der Waals surface area (Å²) in [7, 11) is -1.46. The fourth-order valence-electron chi connectivity index (χ4n) is 7.84. The van der Waals surface area contributed by atoms with Gasteiger partial charge >= 0.3 is 0 Å². The zero-order chi connectivity index (χ0) is 29.4. The molecule has 6 rings (SSSR count). The Labute approximate surface area is 259 Å². The molecule has 4 bridgehead atoms. The highest BCUT2D eigenvalue weighted by Gasteiger charge is 2.40. The number of allylic oxidation sites excluding steroid dienone is 2. The Morgan fingerprint density at radius 2 is 1.93 bits per heavy atom. The maximum Gasteiger partial charge on any atom is 0.263 e. The van der Waals surface area contributed by atoms with E-state index in [0.29, 0.717) is 29.9 Å². The molecule has 2 heterocycles. The molecule has 4 aliphatic rings. The van der Waals surface area contributed by atoms with E-state index in [4.69, 9.17) is 16.3 Å². The molecule has 0 spiro atoms. The molecule has 8 unspecified atom stereocenters. The van der Waals surface area contributed by atoms with Gasteiger partial charge in [0.15, 0.2) is 0 Å². The molecular weight excluding hydrogens is 564 g/mol. The first-order valence-corrected chi connectivity index (χ1v) is 17.6. The van der Waals surface area contributed by atoms with Gasteiger partial charge in [0, 0.05) is 29.6 Å². The second kappa shape index (κ2) is 12.7. The van der Waals surface area contributed by atoms with Gasteiger partial charge in [-0.2, -0.15) is 0 Å². The van der Waals surface area contributed by atoms with Gasteiger partial charge in [0.2, 0.25) is 0 Å². The molecule has 1 N–H and O–H groups in total. The van der Waals surface area contributed by atoms with Crippen molar-refractivity contribution in [3.05, 3.63) is 70.3 Å². The third kappa shape index (κ3) is 6.17. The number of hydrogen-bond acceptors (Lipinski definition) is 4. The van der Waals surface area contributed by atoms with Crippen LogP contribution in [0.3, 0.4) is 0 Å². The van der Waals surface area contributed by atoms with Crippen molar-refractivity contribution in [1.29, 1.82) is 0 Å². The van der Waals surface area contributed by atoms with E-state index in [1.165, 1.54) is 36.8 Å². The summed E-state index contributed by atoms with van der Waals surface area (Å²) in [6, 6.07) is 12.0. The summed E-state index contributed by atoms with van der Waals surface area (Å²) in [6.45, 7) is 8.76. The molecule has 226 valence electrons. The number of carbonyl (C=O) groups is 1. The van der Waals surface area contributed by atoms with Crippen LogP contribution in [-0.4, -0.2) is 35.1 Å². The lowest BCUT2D eigenvalue weighted by atomic mass is 9.62. The average Bonchev–Trinajstić information content (AvgIpc) is 3.14. The van der Waals surface area contributed by atoms with Crippen molar-refractivity contribution in [2.45, 2.75) is 76.9 Å². The van der Waals surface area contributed by atoms with Crippen molar-refractivity contribution >= 4 is 34.2 Å². The van der Waals surface area contributed by atoms with Gasteiger partial charge in [-0.25, -0.2) is 4.21 Å². The van der Waals surface area contributed by atoms with Crippen LogP contribution in [-0.2, 0) is 17.4 Å². The van der Waals surface area contributed by atoms with Gasteiger partial charge < -0.3 is 9.64 Å². The molecule has 2 aliphatic carbocycles. The molecule has 0 saturated heterocycles. The molecular formula is C35H45ClN2O3S. The van der Waals surface area contributed by atoms with Crippen LogP contribution in [0.5, 0.6) is 5.75 Å². The largest absolute Gasteiger partial charge is 0.491 e. The lowest BCUT2D eigenvalue weighted by molar-refractivity contribution is 0.0900. The maximum absolute atomic E-state index is 13.4. The van der Waals surface area contributed by atoms with Crippen LogP contribution in [0.2, 0.25) is 5.02 Å². The molecule has 8 atom stereocenters. The van der Waals surface area contributed by atoms with E-state index in [1.54, 1.807) is 0 Å². The van der Waals surface area contributed by atoms with E-state index in [1.807, 2.05) is 31.2 Å². The van der Waals surface area contributed by atoms with Gasteiger partial charge in [-0.05, 0) is 116 Å². The van der Waals surface area contributed by atoms with Gasteiger partial charge in [-0.15, -0.1) is 0 Å². The third-order valence-electron chi connectivity index (χ3n) is 10.5. The van der Waals surface area contributed by atoms with Crippen LogP contribution in [0.15, 0.2) is 48.6 Å². The van der Waals surface area contributed by atoms with Crippen molar-refractivity contribution in [3.8, 4) is 5.75 Å². The third-order valence-corrected chi connectivity index (χ3v) is 12.3. The highest BCUT2D eigenvalue weighted by molar-refractivity contribution is 7.84. The topological polar surface area (TPSA) is 58.6 Å². The number of amides is 1. The van der Waals surface area contributed by atoms with Crippen molar-refractivity contribution in [2.24, 2.45) is 29.6 Å². The highest BCUT2D eigenvalue weighted by atomic mass is 35.5. The minimum absolute atomic E-state index is 0.120. The molecule has 2 aliphatic heterocycles. The van der Waals surface area contributed by atoms with E-state index >= 15 is 0 Å². The Kier molecular flexibility index (Phi) is 9.02. The maximum atomic E-state index is 13.4. The number of nitrogens with zero attached hydrogens (tertiary/aromatic N) is 1. The van der Waals surface area contributed by atoms with Crippen LogP contribution in [0, 0.1) is 29.6 Å². The van der Waals surface area contributed by atoms with Crippen LogP contribution >= 0.6 is 11.6 Å². The summed E-state index contributed by atoms with van der Waals surface area (Å²) in [5.41, 5.74) is 4.11. The summed E-state index contributed by atoms with van der Waals surface area (Å²) in [6.07, 6.45) is 12.8. The first kappa shape index (κ1) is 29.7. The van der Waals surface area contributed by atoms with Gasteiger partial charge in [0.05, 0.1) is 17.5 Å². The van der Waals surface area contributed by atoms with Crippen molar-refractivity contribution in [2.75, 3.05) is 24.6 Å². The molecule has 7 heteroatoms. The SMILES string of the molecule is CCCc1cc(Cl)ccc1C1COc2ccc3cc2N(C1)CC1CCC1C1CC=CC(CC(C)C(C)S(=O)NC3=O)C1. The summed E-state index contributed by atoms with van der Waals surface area (Å²) >= 11 is 6.43. The number of carbonyl (C=O) groups excluding carboxylic acids is 1. The zero-order valence-corrected chi connectivity index (χ0v) is 26.8. The average molecular weight is 609 g/mol. The quantitative estimate of drug-likeness (QED) is 0.363. The number of anilines is 1. The van der Waals surface area contributed by atoms with E-state index in [0.717, 1.165) is 54.7 Å². The van der Waals surface area contributed by atoms with E-state index in [2.05, 4.69) is 47.8 Å². The number of hydrogen-bond donors (Lipinski definition) is 1. The van der Waals surface area contributed by atoms with Gasteiger partial charge in [0.1, 0.15) is 16.7 Å². The summed E-state index contributed by atoms with van der Waals surface area (Å²) < 4.78 is 22.6. The van der Waals surface area contributed by atoms with E-state index in [-0.39, 0.29) is 23.0 Å². The standard InChI is InChI=1S/C35H45ClN2O3S/c1-4-6-25-17-30(36)11-13-32(25)29-20-38-19-28-9-12-31(28)26-8-5-7-24(16-26)15-22(2)23(3)42(40)37-35(39)27-10-14-34(41-21-29)33(38)18-27/h5,7,10-11,13-14,17-18,22-24,26,28-29,31H,4,6,8-9,12,15-16,19-21H2,1-3H3,(H,37,39). The first-order chi connectivity index (χ1) is 20.3. The second-order valence-corrected chi connectivity index (χ2v) is 15.2. The minimum atomic E-state index is -1.46. The number of fused-ring (bicyclic) bond motifs is 5. The van der Waals surface area contributed by atoms with Gasteiger partial charge in [-0.3, -0.25) is 9.52 Å². The molecule has 2 aromatic rings. The predicted octanol–water partition coefficient (Wildman–Crippen LogP) is 7.71. The molecule has 2 aromatic carbocycles. The fraction of sp³-hybridized carbons (Fsp3) is 0.571. The minimum Gasteiger partial charge on any atom is -0.491 e. The van der Waals surface area contributed by atoms with Crippen molar-refractivity contribution in [1.82, 2.24) is 4.72 Å². The number of ether oxygens (including phenoxy) is 1. The molecule has 1 saturated carbocycles. The second-order valence-electron chi connectivity index (χ2n) is 13.3. The number of nitrogens with one attached hydrogen (secondary N) is 1. The lowest BCUT2D eigenvalue weighted by Gasteiger charge is -2.46. The molecule has 42 heavy (non-hydrogen) atoms. The lowest BCUT2D eigenvalue weighted by Crippen LogP contribution is -2.43. The number of aryl methyl sites for hydroxylation is 1. The molecule has 1 fully saturated rings. The monoisotopic (exact) mass is 608 g/mol. The smallest absolute Gasteiger partial charge is 0.263 e.